The van der Waals surface area contributed by atoms with Crippen LogP contribution in [-0.2, 0) is 11.3 Å². The summed E-state index contributed by atoms with van der Waals surface area (Å²) in [6.45, 7) is 5.70. The summed E-state index contributed by atoms with van der Waals surface area (Å²) in [4.78, 5) is 15.5. The summed E-state index contributed by atoms with van der Waals surface area (Å²) in [7, 11) is 0. The first-order valence-corrected chi connectivity index (χ1v) is 8.52. The first-order chi connectivity index (χ1) is 11.7. The van der Waals surface area contributed by atoms with Gasteiger partial charge >= 0.3 is 0 Å². The molecule has 2 aliphatic heterocycles. The molecule has 0 aromatic carbocycles. The van der Waals surface area contributed by atoms with Gasteiger partial charge in [0.2, 0.25) is 0 Å². The molecule has 2 atom stereocenters. The fourth-order valence-corrected chi connectivity index (χ4v) is 3.78. The van der Waals surface area contributed by atoms with Gasteiger partial charge in [-0.25, -0.2) is 4.98 Å². The summed E-state index contributed by atoms with van der Waals surface area (Å²) in [5, 5.41) is 3.43. The van der Waals surface area contributed by atoms with Gasteiger partial charge in [-0.1, -0.05) is 6.07 Å². The number of anilines is 1. The third kappa shape index (κ3) is 3.39. The van der Waals surface area contributed by atoms with E-state index in [9.17, 15) is 0 Å². The molecule has 2 aromatic rings. The highest BCUT2D eigenvalue weighted by molar-refractivity contribution is 5.32. The van der Waals surface area contributed by atoms with E-state index in [-0.39, 0.29) is 5.60 Å². The third-order valence-corrected chi connectivity index (χ3v) is 4.85. The van der Waals surface area contributed by atoms with Crippen molar-refractivity contribution in [3.05, 3.63) is 48.2 Å². The van der Waals surface area contributed by atoms with Crippen LogP contribution in [0.5, 0.6) is 0 Å². The molecule has 2 aliphatic rings. The number of aromatic nitrogens is 3. The lowest BCUT2D eigenvalue weighted by Crippen LogP contribution is -2.33. The Labute approximate surface area is 142 Å². The molecule has 0 bridgehead atoms. The molecule has 0 radical (unpaired) electrons. The molecular formula is C18H23N5O. The lowest BCUT2D eigenvalue weighted by molar-refractivity contribution is 0.0119. The summed E-state index contributed by atoms with van der Waals surface area (Å²) in [6.07, 6.45) is 7.25. The van der Waals surface area contributed by atoms with Crippen LogP contribution in [0.3, 0.4) is 0 Å². The summed E-state index contributed by atoms with van der Waals surface area (Å²) in [5.74, 6) is 0.821. The van der Waals surface area contributed by atoms with Gasteiger partial charge in [-0.15, -0.1) is 0 Å². The van der Waals surface area contributed by atoms with Crippen molar-refractivity contribution in [2.24, 2.45) is 0 Å². The summed E-state index contributed by atoms with van der Waals surface area (Å²) in [6, 6.07) is 6.53. The van der Waals surface area contributed by atoms with Crippen molar-refractivity contribution in [3.63, 3.8) is 0 Å². The summed E-state index contributed by atoms with van der Waals surface area (Å²) in [5.41, 5.74) is 2.19. The van der Waals surface area contributed by atoms with E-state index >= 15 is 0 Å². The average molecular weight is 325 g/mol. The number of nitrogens with one attached hydrogen (secondary N) is 1. The smallest absolute Gasteiger partial charge is 0.144 e. The van der Waals surface area contributed by atoms with Gasteiger partial charge in [0.1, 0.15) is 5.82 Å². The van der Waals surface area contributed by atoms with Crippen LogP contribution in [0.1, 0.15) is 24.2 Å². The van der Waals surface area contributed by atoms with Gasteiger partial charge in [0.05, 0.1) is 30.1 Å². The average Bonchev–Trinajstić information content (AvgIpc) is 3.15. The second kappa shape index (κ2) is 6.45. The predicted molar refractivity (Wildman–Crippen MR) is 91.6 cm³/mol. The topological polar surface area (TPSA) is 63.2 Å². The third-order valence-electron chi connectivity index (χ3n) is 4.85. The van der Waals surface area contributed by atoms with Gasteiger partial charge in [0.15, 0.2) is 0 Å². The van der Waals surface area contributed by atoms with Gasteiger partial charge in [-0.05, 0) is 25.5 Å². The molecule has 2 aromatic heterocycles. The van der Waals surface area contributed by atoms with E-state index in [0.717, 1.165) is 56.3 Å². The minimum Gasteiger partial charge on any atom is -0.371 e. The van der Waals surface area contributed by atoms with Crippen molar-refractivity contribution in [1.82, 2.24) is 19.9 Å². The lowest BCUT2D eigenvalue weighted by Gasteiger charge is -2.23. The highest BCUT2D eigenvalue weighted by atomic mass is 16.5. The van der Waals surface area contributed by atoms with Gasteiger partial charge in [0, 0.05) is 44.1 Å². The van der Waals surface area contributed by atoms with Gasteiger partial charge in [-0.2, -0.15) is 0 Å². The van der Waals surface area contributed by atoms with Crippen molar-refractivity contribution >= 4 is 5.82 Å². The monoisotopic (exact) mass is 325 g/mol. The molecule has 6 heteroatoms. The van der Waals surface area contributed by atoms with Crippen LogP contribution in [0.2, 0.25) is 0 Å². The highest BCUT2D eigenvalue weighted by Crippen LogP contribution is 2.36. The van der Waals surface area contributed by atoms with E-state index in [1.807, 2.05) is 13.0 Å². The van der Waals surface area contributed by atoms with Crippen LogP contribution in [0, 0.1) is 6.92 Å². The van der Waals surface area contributed by atoms with Gasteiger partial charge < -0.3 is 10.1 Å². The molecule has 2 fully saturated rings. The lowest BCUT2D eigenvalue weighted by atomic mass is 9.97. The molecule has 4 rings (SSSR count). The van der Waals surface area contributed by atoms with E-state index in [1.165, 1.54) is 0 Å². The number of hydrogen-bond donors (Lipinski definition) is 1. The Bertz CT molecular complexity index is 695. The first-order valence-electron chi connectivity index (χ1n) is 8.52. The maximum atomic E-state index is 6.21. The van der Waals surface area contributed by atoms with Crippen LogP contribution in [0.25, 0.3) is 0 Å². The Morgan fingerprint density at radius 2 is 2.33 bits per heavy atom. The van der Waals surface area contributed by atoms with E-state index < -0.39 is 0 Å². The Morgan fingerprint density at radius 1 is 1.38 bits per heavy atom. The molecule has 0 saturated carbocycles. The van der Waals surface area contributed by atoms with Crippen molar-refractivity contribution < 1.29 is 4.74 Å². The number of rotatable bonds is 4. The van der Waals surface area contributed by atoms with Crippen molar-refractivity contribution in [2.75, 3.05) is 25.0 Å². The molecule has 1 spiro atoms. The highest BCUT2D eigenvalue weighted by Gasteiger charge is 2.45. The Hall–Kier alpha value is -2.05. The van der Waals surface area contributed by atoms with Crippen LogP contribution in [-0.4, -0.2) is 51.2 Å². The quantitative estimate of drug-likeness (QED) is 0.928. The molecule has 6 nitrogen and oxygen atoms in total. The second-order valence-corrected chi connectivity index (χ2v) is 6.86. The summed E-state index contributed by atoms with van der Waals surface area (Å²) < 4.78 is 6.21. The van der Waals surface area contributed by atoms with Crippen molar-refractivity contribution in [2.45, 2.75) is 38.0 Å². The molecule has 126 valence electrons. The van der Waals surface area contributed by atoms with Crippen LogP contribution >= 0.6 is 0 Å². The van der Waals surface area contributed by atoms with E-state index in [1.54, 1.807) is 18.6 Å². The van der Waals surface area contributed by atoms with Crippen molar-refractivity contribution in [3.8, 4) is 0 Å². The Balaban J connectivity index is 1.34. The normalized spacial score (nSPS) is 27.0. The fraction of sp³-hybridized carbons (Fsp3) is 0.500. The van der Waals surface area contributed by atoms with E-state index in [0.29, 0.717) is 6.04 Å². The number of pyridine rings is 1. The number of ether oxygens (including phenoxy) is 1. The predicted octanol–water partition coefficient (Wildman–Crippen LogP) is 2.03. The molecule has 0 unspecified atom stereocenters. The second-order valence-electron chi connectivity index (χ2n) is 6.86. The standard InChI is InChI=1S/C18H23N5O/c1-14-3-2-4-15(21-14)11-23-8-5-18(13-23)9-16(12-24-18)22-17-10-19-6-7-20-17/h2-4,6-7,10,16H,5,8-9,11-13H2,1H3,(H,20,22)/t16-,18-/m0/s1. The first kappa shape index (κ1) is 15.5. The maximum Gasteiger partial charge on any atom is 0.144 e. The maximum absolute atomic E-state index is 6.21. The van der Waals surface area contributed by atoms with Crippen LogP contribution < -0.4 is 5.32 Å². The fourth-order valence-electron chi connectivity index (χ4n) is 3.78. The molecular weight excluding hydrogens is 302 g/mol. The van der Waals surface area contributed by atoms with Crippen molar-refractivity contribution in [1.29, 1.82) is 0 Å². The SMILES string of the molecule is Cc1cccc(CN2CC[C@]3(C[C@H](Nc4cnccn4)CO3)C2)n1. The largest absolute Gasteiger partial charge is 0.371 e. The zero-order valence-electron chi connectivity index (χ0n) is 14.0. The van der Waals surface area contributed by atoms with Crippen LogP contribution in [0.15, 0.2) is 36.8 Å². The number of nitrogens with zero attached hydrogens (tertiary/aromatic N) is 4. The number of aryl methyl sites for hydroxylation is 1. The van der Waals surface area contributed by atoms with Gasteiger partial charge in [0.25, 0.3) is 0 Å². The Morgan fingerprint density at radius 3 is 3.17 bits per heavy atom. The zero-order chi connectivity index (χ0) is 16.4. The minimum atomic E-state index is -0.0241. The van der Waals surface area contributed by atoms with Gasteiger partial charge in [-0.3, -0.25) is 14.9 Å². The molecule has 2 saturated heterocycles. The molecule has 1 N–H and O–H groups in total. The van der Waals surface area contributed by atoms with Crippen LogP contribution in [0.4, 0.5) is 5.82 Å². The molecule has 0 amide bonds. The minimum absolute atomic E-state index is 0.0241. The summed E-state index contributed by atoms with van der Waals surface area (Å²) >= 11 is 0. The molecule has 24 heavy (non-hydrogen) atoms. The van der Waals surface area contributed by atoms with E-state index in [2.05, 4.69) is 37.3 Å². The number of hydrogen-bond acceptors (Lipinski definition) is 6. The zero-order valence-corrected chi connectivity index (χ0v) is 14.0. The van der Waals surface area contributed by atoms with E-state index in [4.69, 9.17) is 4.74 Å². The molecule has 0 aliphatic carbocycles. The molecule has 4 heterocycles. The Kier molecular flexibility index (Phi) is 4.16. The number of likely N-dealkylation sites (tertiary alicyclic amines) is 1.